The molecule has 0 amide bonds. The van der Waals surface area contributed by atoms with Gasteiger partial charge in [-0.1, -0.05) is 42.0 Å². The van der Waals surface area contributed by atoms with Gasteiger partial charge in [-0.05, 0) is 26.7 Å². The zero-order valence-corrected chi connectivity index (χ0v) is 21.5. The fourth-order valence-corrected chi connectivity index (χ4v) is 4.99. The van der Waals surface area contributed by atoms with Gasteiger partial charge in [-0.25, -0.2) is 4.79 Å². The fourth-order valence-electron chi connectivity index (χ4n) is 4.99. The van der Waals surface area contributed by atoms with Crippen LogP contribution in [0, 0.1) is 0 Å². The second kappa shape index (κ2) is 10.9. The molecule has 0 saturated carbocycles. The SMILES string of the molecule is CC(C)=CCn1c(N2CCNCC2)nc2c1c(=O)n(CC(=O)c1ccccc1)c(=O)n2CC1CCCO1. The standard InChI is InChI=1S/C27H34N6O4/c1-19(2)10-13-31-23-24(29-26(31)30-14-11-28-12-15-30)32(17-21-9-6-16-37-21)27(36)33(25(23)35)18-22(34)20-7-4-3-5-8-20/h3-5,7-8,10,21,28H,6,9,11-18H2,1-2H3. The minimum atomic E-state index is -0.531. The van der Waals surface area contributed by atoms with Crippen molar-refractivity contribution in [1.82, 2.24) is 24.0 Å². The molecule has 2 aromatic heterocycles. The van der Waals surface area contributed by atoms with Crippen LogP contribution in [-0.2, 0) is 24.4 Å². The summed E-state index contributed by atoms with van der Waals surface area (Å²) < 4.78 is 10.3. The average Bonchev–Trinajstić information content (AvgIpc) is 3.56. The topological polar surface area (TPSA) is 103 Å². The van der Waals surface area contributed by atoms with Gasteiger partial charge in [0.15, 0.2) is 16.9 Å². The number of anilines is 1. The molecular formula is C27H34N6O4. The number of nitrogens with one attached hydrogen (secondary N) is 1. The van der Waals surface area contributed by atoms with Crippen molar-refractivity contribution in [2.75, 3.05) is 37.7 Å². The van der Waals surface area contributed by atoms with E-state index < -0.39 is 11.2 Å². The maximum Gasteiger partial charge on any atom is 0.333 e. The van der Waals surface area contributed by atoms with Crippen molar-refractivity contribution in [3.63, 3.8) is 0 Å². The van der Waals surface area contributed by atoms with Crippen molar-refractivity contribution in [1.29, 1.82) is 0 Å². The summed E-state index contributed by atoms with van der Waals surface area (Å²) in [7, 11) is 0. The molecule has 0 aliphatic carbocycles. The van der Waals surface area contributed by atoms with Crippen LogP contribution in [0.1, 0.15) is 37.0 Å². The summed E-state index contributed by atoms with van der Waals surface area (Å²) in [4.78, 5) is 47.8. The number of ketones is 1. The number of Topliss-reactive ketones (excluding diaryl/α,β-unsaturated/α-hetero) is 1. The Balaban J connectivity index is 1.71. The van der Waals surface area contributed by atoms with E-state index in [2.05, 4.69) is 10.2 Å². The molecule has 2 aliphatic rings. The van der Waals surface area contributed by atoms with Gasteiger partial charge in [0.05, 0.1) is 19.2 Å². The Morgan fingerprint density at radius 1 is 1.11 bits per heavy atom. The Morgan fingerprint density at radius 2 is 1.86 bits per heavy atom. The van der Waals surface area contributed by atoms with E-state index in [0.717, 1.165) is 49.2 Å². The molecule has 0 bridgehead atoms. The van der Waals surface area contributed by atoms with Crippen molar-refractivity contribution < 1.29 is 9.53 Å². The summed E-state index contributed by atoms with van der Waals surface area (Å²) in [5.74, 6) is 0.374. The lowest BCUT2D eigenvalue weighted by Gasteiger charge is -2.28. The Kier molecular flexibility index (Phi) is 7.38. The molecule has 2 aliphatic heterocycles. The fraction of sp³-hybridized carbons (Fsp3) is 0.481. The number of hydrogen-bond acceptors (Lipinski definition) is 7. The lowest BCUT2D eigenvalue weighted by atomic mass is 10.1. The van der Waals surface area contributed by atoms with Gasteiger partial charge in [0, 0.05) is 44.9 Å². The highest BCUT2D eigenvalue weighted by Gasteiger charge is 2.27. The van der Waals surface area contributed by atoms with Gasteiger partial charge in [0.1, 0.15) is 0 Å². The van der Waals surface area contributed by atoms with Crippen molar-refractivity contribution in [3.8, 4) is 0 Å². The highest BCUT2D eigenvalue weighted by molar-refractivity contribution is 5.95. The molecule has 5 rings (SSSR count). The van der Waals surface area contributed by atoms with Crippen molar-refractivity contribution in [3.05, 3.63) is 68.4 Å². The van der Waals surface area contributed by atoms with Gasteiger partial charge in [0.25, 0.3) is 5.56 Å². The summed E-state index contributed by atoms with van der Waals surface area (Å²) in [6, 6.07) is 8.74. The van der Waals surface area contributed by atoms with E-state index in [1.807, 2.05) is 30.6 Å². The van der Waals surface area contributed by atoms with Crippen LogP contribution in [-0.4, -0.2) is 63.4 Å². The number of carbonyl (C=O) groups is 1. The van der Waals surface area contributed by atoms with Gasteiger partial charge in [-0.15, -0.1) is 0 Å². The number of carbonyl (C=O) groups excluding carboxylic acids is 1. The third-order valence-electron chi connectivity index (χ3n) is 6.98. The highest BCUT2D eigenvalue weighted by Crippen LogP contribution is 2.22. The lowest BCUT2D eigenvalue weighted by Crippen LogP contribution is -2.44. The molecule has 1 unspecified atom stereocenters. The molecule has 10 nitrogen and oxygen atoms in total. The molecule has 0 spiro atoms. The zero-order chi connectivity index (χ0) is 25.9. The van der Waals surface area contributed by atoms with E-state index in [1.165, 1.54) is 4.57 Å². The number of benzene rings is 1. The van der Waals surface area contributed by atoms with Gasteiger partial charge >= 0.3 is 5.69 Å². The predicted molar refractivity (Wildman–Crippen MR) is 143 cm³/mol. The second-order valence-electron chi connectivity index (χ2n) is 9.92. The van der Waals surface area contributed by atoms with E-state index in [0.29, 0.717) is 35.8 Å². The van der Waals surface area contributed by atoms with Crippen LogP contribution < -0.4 is 21.5 Å². The number of piperazine rings is 1. The van der Waals surface area contributed by atoms with Crippen LogP contribution in [0.5, 0.6) is 0 Å². The van der Waals surface area contributed by atoms with E-state index in [9.17, 15) is 14.4 Å². The van der Waals surface area contributed by atoms with Crippen LogP contribution in [0.25, 0.3) is 11.2 Å². The van der Waals surface area contributed by atoms with Crippen molar-refractivity contribution in [2.45, 2.75) is 52.4 Å². The van der Waals surface area contributed by atoms with Crippen molar-refractivity contribution in [2.24, 2.45) is 0 Å². The summed E-state index contributed by atoms with van der Waals surface area (Å²) in [5, 5.41) is 3.35. The summed E-state index contributed by atoms with van der Waals surface area (Å²) in [6.45, 7) is 8.17. The smallest absolute Gasteiger partial charge is 0.333 e. The van der Waals surface area contributed by atoms with Crippen LogP contribution in [0.15, 0.2) is 51.6 Å². The third kappa shape index (κ3) is 5.17. The molecular weight excluding hydrogens is 472 g/mol. The van der Waals surface area contributed by atoms with Crippen LogP contribution in [0.2, 0.25) is 0 Å². The van der Waals surface area contributed by atoms with E-state index >= 15 is 0 Å². The Bertz CT molecular complexity index is 1420. The number of hydrogen-bond donors (Lipinski definition) is 1. The maximum absolute atomic E-state index is 13.9. The van der Waals surface area contributed by atoms with E-state index in [-0.39, 0.29) is 25.0 Å². The Labute approximate surface area is 215 Å². The first-order valence-corrected chi connectivity index (χ1v) is 13.0. The number of aromatic nitrogens is 4. The number of imidazole rings is 1. The Morgan fingerprint density at radius 3 is 2.54 bits per heavy atom. The molecule has 3 aromatic rings. The molecule has 37 heavy (non-hydrogen) atoms. The number of nitrogens with zero attached hydrogens (tertiary/aromatic N) is 5. The molecule has 4 heterocycles. The molecule has 1 aromatic carbocycles. The normalized spacial score (nSPS) is 17.9. The largest absolute Gasteiger partial charge is 0.376 e. The van der Waals surface area contributed by atoms with Crippen LogP contribution in [0.4, 0.5) is 5.95 Å². The van der Waals surface area contributed by atoms with Crippen LogP contribution >= 0.6 is 0 Å². The van der Waals surface area contributed by atoms with E-state index in [1.54, 1.807) is 24.3 Å². The lowest BCUT2D eigenvalue weighted by molar-refractivity contribution is 0.0948. The molecule has 10 heteroatoms. The Hall–Kier alpha value is -3.50. The first-order valence-electron chi connectivity index (χ1n) is 13.0. The quantitative estimate of drug-likeness (QED) is 0.367. The first kappa shape index (κ1) is 25.2. The minimum absolute atomic E-state index is 0.137. The monoisotopic (exact) mass is 506 g/mol. The second-order valence-corrected chi connectivity index (χ2v) is 9.92. The third-order valence-corrected chi connectivity index (χ3v) is 6.98. The minimum Gasteiger partial charge on any atom is -0.376 e. The van der Waals surface area contributed by atoms with Crippen LogP contribution in [0.3, 0.4) is 0 Å². The number of rotatable bonds is 8. The molecule has 196 valence electrons. The number of allylic oxidation sites excluding steroid dienone is 2. The van der Waals surface area contributed by atoms with Gasteiger partial charge in [0.2, 0.25) is 5.95 Å². The summed E-state index contributed by atoms with van der Waals surface area (Å²) in [6.07, 6.45) is 3.66. The van der Waals surface area contributed by atoms with Gasteiger partial charge in [-0.2, -0.15) is 4.98 Å². The van der Waals surface area contributed by atoms with E-state index in [4.69, 9.17) is 9.72 Å². The molecule has 2 saturated heterocycles. The molecule has 2 fully saturated rings. The summed E-state index contributed by atoms with van der Waals surface area (Å²) in [5.41, 5.74) is 1.23. The highest BCUT2D eigenvalue weighted by atomic mass is 16.5. The van der Waals surface area contributed by atoms with Gasteiger partial charge in [-0.3, -0.25) is 18.7 Å². The number of fused-ring (bicyclic) bond motifs is 1. The van der Waals surface area contributed by atoms with Crippen molar-refractivity contribution >= 4 is 22.9 Å². The molecule has 1 N–H and O–H groups in total. The first-order chi connectivity index (χ1) is 17.9. The number of ether oxygens (including phenoxy) is 1. The molecule has 0 radical (unpaired) electrons. The molecule has 1 atom stereocenters. The maximum atomic E-state index is 13.9. The predicted octanol–water partition coefficient (Wildman–Crippen LogP) is 1.80. The summed E-state index contributed by atoms with van der Waals surface area (Å²) >= 11 is 0. The van der Waals surface area contributed by atoms with Gasteiger partial charge < -0.3 is 19.5 Å². The zero-order valence-electron chi connectivity index (χ0n) is 21.5. The average molecular weight is 507 g/mol.